The molecule has 0 amide bonds. The van der Waals surface area contributed by atoms with Crippen molar-refractivity contribution in [2.45, 2.75) is 44.3 Å². The molecule has 2 rings (SSSR count). The molecule has 1 fully saturated rings. The smallest absolute Gasteiger partial charge is 0.126 e. The summed E-state index contributed by atoms with van der Waals surface area (Å²) in [6.45, 7) is 2.59. The number of aromatic nitrogens is 3. The summed E-state index contributed by atoms with van der Waals surface area (Å²) < 4.78 is 7.43. The van der Waals surface area contributed by atoms with Gasteiger partial charge in [0.05, 0.1) is 17.5 Å². The van der Waals surface area contributed by atoms with Crippen LogP contribution in [0.2, 0.25) is 0 Å². The molecule has 0 saturated heterocycles. The Balaban J connectivity index is 2.23. The third kappa shape index (κ3) is 1.85. The van der Waals surface area contributed by atoms with E-state index in [0.717, 1.165) is 31.4 Å². The monoisotopic (exact) mass is 225 g/mol. The fourth-order valence-corrected chi connectivity index (χ4v) is 2.57. The first kappa shape index (κ1) is 11.5. The van der Waals surface area contributed by atoms with Crippen LogP contribution in [-0.2, 0) is 11.8 Å². The molecule has 1 heterocycles. The molecule has 0 aliphatic heterocycles. The number of ether oxygens (including phenoxy) is 1. The van der Waals surface area contributed by atoms with E-state index in [1.807, 2.05) is 6.92 Å². The second kappa shape index (κ2) is 4.51. The van der Waals surface area contributed by atoms with E-state index in [9.17, 15) is 5.11 Å². The Morgan fingerprint density at radius 1 is 1.56 bits per heavy atom. The van der Waals surface area contributed by atoms with Crippen molar-refractivity contribution in [3.05, 3.63) is 11.9 Å². The van der Waals surface area contributed by atoms with Gasteiger partial charge in [0.2, 0.25) is 0 Å². The largest absolute Gasteiger partial charge is 0.384 e. The number of nitrogens with zero attached hydrogens (tertiary/aromatic N) is 3. The fraction of sp³-hybridized carbons (Fsp3) is 0.818. The first-order valence-corrected chi connectivity index (χ1v) is 5.86. The Bertz CT molecular complexity index is 345. The molecule has 1 aromatic rings. The maximum atomic E-state index is 10.4. The van der Waals surface area contributed by atoms with E-state index in [1.54, 1.807) is 17.9 Å². The quantitative estimate of drug-likeness (QED) is 0.836. The number of hydrogen-bond acceptors (Lipinski definition) is 4. The van der Waals surface area contributed by atoms with Crippen molar-refractivity contribution in [1.82, 2.24) is 15.0 Å². The lowest BCUT2D eigenvalue weighted by Crippen LogP contribution is -2.37. The molecule has 1 aliphatic rings. The second-order valence-corrected chi connectivity index (χ2v) is 4.39. The van der Waals surface area contributed by atoms with Gasteiger partial charge in [-0.05, 0) is 19.8 Å². The zero-order valence-corrected chi connectivity index (χ0v) is 9.89. The van der Waals surface area contributed by atoms with Gasteiger partial charge >= 0.3 is 0 Å². The summed E-state index contributed by atoms with van der Waals surface area (Å²) >= 11 is 0. The van der Waals surface area contributed by atoms with E-state index in [-0.39, 0.29) is 0 Å². The maximum Gasteiger partial charge on any atom is 0.126 e. The second-order valence-electron chi connectivity index (χ2n) is 4.39. The van der Waals surface area contributed by atoms with Crippen LogP contribution in [0.4, 0.5) is 0 Å². The lowest BCUT2D eigenvalue weighted by atomic mass is 9.92. The standard InChI is InChI=1S/C11H19N3O2/c1-3-16-11(6-4-5-7-11)10(15)9-8-12-13-14(9)2/h8,10,15H,3-7H2,1-2H3. The molecule has 1 N–H and O–H groups in total. The van der Waals surface area contributed by atoms with Gasteiger partial charge in [0.25, 0.3) is 0 Å². The van der Waals surface area contributed by atoms with Gasteiger partial charge in [-0.2, -0.15) is 0 Å². The van der Waals surface area contributed by atoms with Crippen LogP contribution in [0, 0.1) is 0 Å². The highest BCUT2D eigenvalue weighted by Crippen LogP contribution is 2.42. The van der Waals surface area contributed by atoms with Crippen LogP contribution in [0.3, 0.4) is 0 Å². The summed E-state index contributed by atoms with van der Waals surface area (Å²) in [6, 6.07) is 0. The molecule has 1 aromatic heterocycles. The van der Waals surface area contributed by atoms with Crippen LogP contribution in [0.25, 0.3) is 0 Å². The summed E-state index contributed by atoms with van der Waals surface area (Å²) in [6.07, 6.45) is 5.03. The molecule has 1 atom stereocenters. The van der Waals surface area contributed by atoms with E-state index in [4.69, 9.17) is 4.74 Å². The van der Waals surface area contributed by atoms with Crippen LogP contribution in [0.1, 0.15) is 44.4 Å². The summed E-state index contributed by atoms with van der Waals surface area (Å²) in [7, 11) is 1.79. The molecule has 90 valence electrons. The van der Waals surface area contributed by atoms with Crippen LogP contribution in [-0.4, -0.2) is 32.3 Å². The average Bonchev–Trinajstić information content (AvgIpc) is 2.87. The van der Waals surface area contributed by atoms with Gasteiger partial charge in [-0.15, -0.1) is 5.10 Å². The van der Waals surface area contributed by atoms with Crippen LogP contribution in [0.15, 0.2) is 6.20 Å². The molecular weight excluding hydrogens is 206 g/mol. The Kier molecular flexibility index (Phi) is 3.25. The number of rotatable bonds is 4. The zero-order chi connectivity index (χ0) is 11.6. The summed E-state index contributed by atoms with van der Waals surface area (Å²) in [5.41, 5.74) is 0.305. The molecule has 5 heteroatoms. The highest BCUT2D eigenvalue weighted by molar-refractivity contribution is 5.08. The van der Waals surface area contributed by atoms with Crippen molar-refractivity contribution in [3.8, 4) is 0 Å². The molecule has 1 unspecified atom stereocenters. The predicted molar refractivity (Wildman–Crippen MR) is 58.8 cm³/mol. The number of hydrogen-bond donors (Lipinski definition) is 1. The van der Waals surface area contributed by atoms with E-state index >= 15 is 0 Å². The Morgan fingerprint density at radius 3 is 2.75 bits per heavy atom. The minimum Gasteiger partial charge on any atom is -0.384 e. The molecule has 16 heavy (non-hydrogen) atoms. The maximum absolute atomic E-state index is 10.4. The molecule has 1 saturated carbocycles. The Hall–Kier alpha value is -0.940. The van der Waals surface area contributed by atoms with E-state index in [0.29, 0.717) is 6.61 Å². The highest BCUT2D eigenvalue weighted by atomic mass is 16.5. The third-order valence-corrected chi connectivity index (χ3v) is 3.41. The SMILES string of the molecule is CCOC1(C(O)c2cnnn2C)CCCC1. The van der Waals surface area contributed by atoms with Gasteiger partial charge in [0.1, 0.15) is 6.10 Å². The van der Waals surface area contributed by atoms with Gasteiger partial charge < -0.3 is 9.84 Å². The molecule has 0 spiro atoms. The summed E-state index contributed by atoms with van der Waals surface area (Å²) in [5.74, 6) is 0. The van der Waals surface area contributed by atoms with E-state index in [1.165, 1.54) is 0 Å². The molecule has 5 nitrogen and oxygen atoms in total. The van der Waals surface area contributed by atoms with Crippen LogP contribution in [0.5, 0.6) is 0 Å². The first-order valence-electron chi connectivity index (χ1n) is 5.86. The van der Waals surface area contributed by atoms with Crippen molar-refractivity contribution < 1.29 is 9.84 Å². The lowest BCUT2D eigenvalue weighted by molar-refractivity contribution is -0.121. The summed E-state index contributed by atoms with van der Waals surface area (Å²) in [4.78, 5) is 0. The van der Waals surface area contributed by atoms with E-state index in [2.05, 4.69) is 10.3 Å². The van der Waals surface area contributed by atoms with Crippen molar-refractivity contribution in [2.75, 3.05) is 6.61 Å². The first-order chi connectivity index (χ1) is 7.69. The number of aliphatic hydroxyl groups is 1. The normalized spacial score (nSPS) is 21.2. The number of aryl methyl sites for hydroxylation is 1. The molecule has 0 radical (unpaired) electrons. The zero-order valence-electron chi connectivity index (χ0n) is 9.89. The molecular formula is C11H19N3O2. The van der Waals surface area contributed by atoms with Crippen LogP contribution < -0.4 is 0 Å². The van der Waals surface area contributed by atoms with Gasteiger partial charge in [-0.1, -0.05) is 18.1 Å². The van der Waals surface area contributed by atoms with Gasteiger partial charge in [-0.25, -0.2) is 4.68 Å². The van der Waals surface area contributed by atoms with E-state index < -0.39 is 11.7 Å². The van der Waals surface area contributed by atoms with Gasteiger partial charge in [0.15, 0.2) is 0 Å². The Labute approximate surface area is 95.4 Å². The lowest BCUT2D eigenvalue weighted by Gasteiger charge is -2.33. The minimum atomic E-state index is -0.630. The fourth-order valence-electron chi connectivity index (χ4n) is 2.57. The van der Waals surface area contributed by atoms with Gasteiger partial charge in [-0.3, -0.25) is 0 Å². The third-order valence-electron chi connectivity index (χ3n) is 3.41. The summed E-state index contributed by atoms with van der Waals surface area (Å²) in [5, 5.41) is 18.1. The van der Waals surface area contributed by atoms with Crippen molar-refractivity contribution in [3.63, 3.8) is 0 Å². The molecule has 0 bridgehead atoms. The number of aliphatic hydroxyl groups excluding tert-OH is 1. The molecule has 1 aliphatic carbocycles. The van der Waals surface area contributed by atoms with Crippen molar-refractivity contribution in [2.24, 2.45) is 7.05 Å². The average molecular weight is 225 g/mol. The Morgan fingerprint density at radius 2 is 2.25 bits per heavy atom. The predicted octanol–water partition coefficient (Wildman–Crippen LogP) is 1.20. The van der Waals surface area contributed by atoms with Gasteiger partial charge in [0, 0.05) is 13.7 Å². The topological polar surface area (TPSA) is 60.2 Å². The van der Waals surface area contributed by atoms with Crippen molar-refractivity contribution in [1.29, 1.82) is 0 Å². The highest BCUT2D eigenvalue weighted by Gasteiger charge is 2.43. The van der Waals surface area contributed by atoms with Crippen molar-refractivity contribution >= 4 is 0 Å². The minimum absolute atomic E-state index is 0.426. The molecule has 0 aromatic carbocycles. The van der Waals surface area contributed by atoms with Crippen LogP contribution >= 0.6 is 0 Å².